The molecule has 0 radical (unpaired) electrons. The summed E-state index contributed by atoms with van der Waals surface area (Å²) in [6.45, 7) is 0.537. The Bertz CT molecular complexity index is 814. The van der Waals surface area contributed by atoms with E-state index in [1.54, 1.807) is 6.07 Å². The molecule has 0 saturated carbocycles. The van der Waals surface area contributed by atoms with Crippen LogP contribution < -0.4 is 0 Å². The lowest BCUT2D eigenvalue weighted by molar-refractivity contribution is 0.0974. The van der Waals surface area contributed by atoms with E-state index in [0.717, 1.165) is 5.56 Å². The summed E-state index contributed by atoms with van der Waals surface area (Å²) in [5.74, 6) is -1.38. The Labute approximate surface area is 139 Å². The van der Waals surface area contributed by atoms with Crippen molar-refractivity contribution < 1.29 is 19.8 Å². The van der Waals surface area contributed by atoms with Gasteiger partial charge in [-0.05, 0) is 37.9 Å². The third-order valence-corrected chi connectivity index (χ3v) is 3.66. The Balaban J connectivity index is 0.00000192. The Kier molecular flexibility index (Phi) is 4.45. The predicted molar refractivity (Wildman–Crippen MR) is 87.7 cm³/mol. The van der Waals surface area contributed by atoms with Crippen LogP contribution >= 0.6 is 12.4 Å². The molecule has 2 aromatic carbocycles. The zero-order chi connectivity index (χ0) is 16.0. The van der Waals surface area contributed by atoms with Gasteiger partial charge >= 0.3 is 0 Å². The molecule has 0 unspecified atom stereocenters. The van der Waals surface area contributed by atoms with Gasteiger partial charge in [-0.2, -0.15) is 0 Å². The number of aromatic hydroxyl groups is 2. The lowest BCUT2D eigenvalue weighted by Crippen LogP contribution is -2.22. The fourth-order valence-electron chi connectivity index (χ4n) is 2.80. The minimum atomic E-state index is -0.531. The first-order valence-corrected chi connectivity index (χ1v) is 6.82. The molecule has 0 atom stereocenters. The maximum atomic E-state index is 12.6. The van der Waals surface area contributed by atoms with Crippen molar-refractivity contribution in [2.24, 2.45) is 0 Å². The summed E-state index contributed by atoms with van der Waals surface area (Å²) >= 11 is 0. The van der Waals surface area contributed by atoms with Crippen LogP contribution in [0, 0.1) is 0 Å². The van der Waals surface area contributed by atoms with Gasteiger partial charge in [0.05, 0.1) is 11.1 Å². The van der Waals surface area contributed by atoms with Gasteiger partial charge in [-0.1, -0.05) is 12.1 Å². The highest BCUT2D eigenvalue weighted by Crippen LogP contribution is 2.37. The molecule has 3 rings (SSSR count). The van der Waals surface area contributed by atoms with E-state index in [1.165, 1.54) is 24.3 Å². The van der Waals surface area contributed by atoms with Crippen LogP contribution in [0.5, 0.6) is 11.5 Å². The Morgan fingerprint density at radius 1 is 0.913 bits per heavy atom. The second kappa shape index (κ2) is 6.02. The summed E-state index contributed by atoms with van der Waals surface area (Å²) in [6, 6.07) is 7.49. The molecule has 2 N–H and O–H groups in total. The number of nitrogens with zero attached hydrogens (tertiary/aromatic N) is 1. The molecule has 0 aliphatic heterocycles. The van der Waals surface area contributed by atoms with Crippen LogP contribution in [0.1, 0.15) is 37.4 Å². The van der Waals surface area contributed by atoms with Gasteiger partial charge in [0.1, 0.15) is 11.5 Å². The lowest BCUT2D eigenvalue weighted by atomic mass is 9.82. The zero-order valence-corrected chi connectivity index (χ0v) is 13.5. The van der Waals surface area contributed by atoms with E-state index in [1.807, 2.05) is 19.0 Å². The number of hydrogen-bond acceptors (Lipinski definition) is 5. The zero-order valence-electron chi connectivity index (χ0n) is 12.7. The molecule has 0 fully saturated rings. The normalized spacial score (nSPS) is 12.7. The topological polar surface area (TPSA) is 77.8 Å². The third-order valence-electron chi connectivity index (χ3n) is 3.66. The smallest absolute Gasteiger partial charge is 0.201 e. The summed E-state index contributed by atoms with van der Waals surface area (Å²) in [5.41, 5.74) is 1.00. The van der Waals surface area contributed by atoms with E-state index >= 15 is 0 Å². The Morgan fingerprint density at radius 3 is 2.22 bits per heavy atom. The van der Waals surface area contributed by atoms with Crippen molar-refractivity contribution in [2.45, 2.75) is 6.54 Å². The van der Waals surface area contributed by atoms with E-state index in [0.29, 0.717) is 6.54 Å². The average molecular weight is 334 g/mol. The van der Waals surface area contributed by atoms with E-state index in [-0.39, 0.29) is 51.9 Å². The molecule has 2 aromatic rings. The highest BCUT2D eigenvalue weighted by Gasteiger charge is 2.34. The lowest BCUT2D eigenvalue weighted by Gasteiger charge is -2.20. The molecule has 120 valence electrons. The molecule has 0 saturated heterocycles. The van der Waals surface area contributed by atoms with Gasteiger partial charge in [-0.15, -0.1) is 12.4 Å². The molecule has 0 bridgehead atoms. The quantitative estimate of drug-likeness (QED) is 0.752. The number of fused-ring (bicyclic) bond motifs is 2. The summed E-state index contributed by atoms with van der Waals surface area (Å²) in [7, 11) is 3.74. The number of ketones is 2. The van der Waals surface area contributed by atoms with Gasteiger partial charge in [0.25, 0.3) is 0 Å². The number of carbonyl (C=O) groups is 2. The summed E-state index contributed by atoms with van der Waals surface area (Å²) in [6.07, 6.45) is 0. The molecule has 0 amide bonds. The van der Waals surface area contributed by atoms with Crippen molar-refractivity contribution in [2.75, 3.05) is 14.1 Å². The van der Waals surface area contributed by atoms with Crippen molar-refractivity contribution in [1.29, 1.82) is 0 Å². The van der Waals surface area contributed by atoms with Crippen LogP contribution in [0.4, 0.5) is 0 Å². The van der Waals surface area contributed by atoms with Gasteiger partial charge in [-0.3, -0.25) is 9.59 Å². The maximum Gasteiger partial charge on any atom is 0.201 e. The number of hydrogen-bond donors (Lipinski definition) is 2. The van der Waals surface area contributed by atoms with Gasteiger partial charge in [0.15, 0.2) is 5.78 Å². The van der Waals surface area contributed by atoms with E-state index in [2.05, 4.69) is 0 Å². The number of halogens is 1. The van der Waals surface area contributed by atoms with E-state index in [4.69, 9.17) is 0 Å². The second-order valence-electron chi connectivity index (χ2n) is 5.63. The second-order valence-corrected chi connectivity index (χ2v) is 5.63. The van der Waals surface area contributed by atoms with Gasteiger partial charge in [-0.25, -0.2) is 0 Å². The van der Waals surface area contributed by atoms with Crippen LogP contribution in [0.2, 0.25) is 0 Å². The molecule has 1 aliphatic carbocycles. The molecule has 1 aliphatic rings. The minimum Gasteiger partial charge on any atom is -0.507 e. The van der Waals surface area contributed by atoms with Crippen LogP contribution in [0.15, 0.2) is 30.3 Å². The standard InChI is InChI=1S/C17H15NO4.ClH/c1-18(2)8-9-6-11-15(13(20)7-9)17(22)14-10(16(11)21)4-3-5-12(14)19;/h3-7,19-20H,8H2,1-2H3;1H. The molecule has 6 heteroatoms. The Morgan fingerprint density at radius 2 is 1.57 bits per heavy atom. The van der Waals surface area contributed by atoms with Crippen molar-refractivity contribution in [1.82, 2.24) is 4.90 Å². The first-order chi connectivity index (χ1) is 10.4. The van der Waals surface area contributed by atoms with Crippen LogP contribution in [0.3, 0.4) is 0 Å². The SMILES string of the molecule is CN(C)Cc1cc(O)c2c(c1)C(=O)c1cccc(O)c1C2=O.Cl. The van der Waals surface area contributed by atoms with Crippen molar-refractivity contribution in [3.8, 4) is 11.5 Å². The van der Waals surface area contributed by atoms with Gasteiger partial charge < -0.3 is 15.1 Å². The molecule has 0 heterocycles. The summed E-state index contributed by atoms with van der Waals surface area (Å²) in [4.78, 5) is 27.1. The average Bonchev–Trinajstić information content (AvgIpc) is 2.43. The number of benzene rings is 2. The first-order valence-electron chi connectivity index (χ1n) is 6.82. The molecule has 5 nitrogen and oxygen atoms in total. The number of rotatable bonds is 2. The number of carbonyl (C=O) groups excluding carboxylic acids is 2. The third kappa shape index (κ3) is 2.69. The van der Waals surface area contributed by atoms with Crippen molar-refractivity contribution >= 4 is 24.0 Å². The molecule has 0 aromatic heterocycles. The van der Waals surface area contributed by atoms with E-state index in [9.17, 15) is 19.8 Å². The molecular formula is C17H16ClNO4. The molecule has 23 heavy (non-hydrogen) atoms. The van der Waals surface area contributed by atoms with Crippen molar-refractivity contribution in [3.63, 3.8) is 0 Å². The number of phenols is 2. The fourth-order valence-corrected chi connectivity index (χ4v) is 2.80. The highest BCUT2D eigenvalue weighted by molar-refractivity contribution is 6.30. The highest BCUT2D eigenvalue weighted by atomic mass is 35.5. The van der Waals surface area contributed by atoms with Crippen LogP contribution in [0.25, 0.3) is 0 Å². The van der Waals surface area contributed by atoms with Crippen LogP contribution in [-0.2, 0) is 6.54 Å². The molecular weight excluding hydrogens is 318 g/mol. The monoisotopic (exact) mass is 333 g/mol. The number of phenolic OH excluding ortho intramolecular Hbond substituents is 2. The van der Waals surface area contributed by atoms with Gasteiger partial charge in [0.2, 0.25) is 5.78 Å². The summed E-state index contributed by atoms with van der Waals surface area (Å²) < 4.78 is 0. The first kappa shape index (κ1) is 17.0. The van der Waals surface area contributed by atoms with Crippen molar-refractivity contribution in [3.05, 3.63) is 58.1 Å². The summed E-state index contributed by atoms with van der Waals surface area (Å²) in [5, 5.41) is 20.1. The van der Waals surface area contributed by atoms with E-state index < -0.39 is 5.78 Å². The maximum absolute atomic E-state index is 12.6. The Hall–Kier alpha value is -2.37. The predicted octanol–water partition coefficient (Wildman–Crippen LogP) is 2.36. The molecule has 0 spiro atoms. The fraction of sp³-hybridized carbons (Fsp3) is 0.176. The van der Waals surface area contributed by atoms with Crippen LogP contribution in [-0.4, -0.2) is 40.8 Å². The minimum absolute atomic E-state index is 0. The van der Waals surface area contributed by atoms with Gasteiger partial charge in [0, 0.05) is 17.7 Å². The largest absolute Gasteiger partial charge is 0.507 e.